The van der Waals surface area contributed by atoms with Crippen LogP contribution in [0.4, 0.5) is 0 Å². The predicted octanol–water partition coefficient (Wildman–Crippen LogP) is 2.32. The molecular weight excluding hydrogens is 224 g/mol. The van der Waals surface area contributed by atoms with Crippen molar-refractivity contribution in [3.63, 3.8) is 0 Å². The first-order valence-electron chi connectivity index (χ1n) is 7.58. The first-order valence-corrected chi connectivity index (χ1v) is 7.58. The van der Waals surface area contributed by atoms with E-state index in [2.05, 4.69) is 24.5 Å². The van der Waals surface area contributed by atoms with E-state index in [-0.39, 0.29) is 17.2 Å². The maximum absolute atomic E-state index is 12.1. The van der Waals surface area contributed by atoms with Crippen LogP contribution >= 0.6 is 0 Å². The van der Waals surface area contributed by atoms with Gasteiger partial charge in [0.25, 0.3) is 0 Å². The van der Waals surface area contributed by atoms with Crippen molar-refractivity contribution in [3.05, 3.63) is 0 Å². The molecule has 1 amide bonds. The van der Waals surface area contributed by atoms with Crippen LogP contribution in [0.25, 0.3) is 0 Å². The van der Waals surface area contributed by atoms with Crippen LogP contribution in [-0.2, 0) is 4.79 Å². The van der Waals surface area contributed by atoms with Crippen molar-refractivity contribution in [1.29, 1.82) is 0 Å². The van der Waals surface area contributed by atoms with Gasteiger partial charge in [-0.05, 0) is 50.1 Å². The van der Waals surface area contributed by atoms with Crippen LogP contribution in [0.2, 0.25) is 0 Å². The summed E-state index contributed by atoms with van der Waals surface area (Å²) >= 11 is 0. The van der Waals surface area contributed by atoms with Crippen LogP contribution in [0.5, 0.6) is 0 Å². The minimum absolute atomic E-state index is 0.241. The molecule has 2 N–H and O–H groups in total. The molecule has 3 heteroatoms. The fourth-order valence-electron chi connectivity index (χ4n) is 3.39. The third-order valence-electron chi connectivity index (χ3n) is 4.89. The van der Waals surface area contributed by atoms with E-state index in [1.54, 1.807) is 0 Å². The Bertz CT molecular complexity index is 276. The number of piperidine rings is 1. The number of hydrogen-bond donors (Lipinski definition) is 2. The lowest BCUT2D eigenvalue weighted by Gasteiger charge is -2.33. The van der Waals surface area contributed by atoms with Gasteiger partial charge >= 0.3 is 0 Å². The summed E-state index contributed by atoms with van der Waals surface area (Å²) < 4.78 is 0. The molecule has 0 atom stereocenters. The highest BCUT2D eigenvalue weighted by Crippen LogP contribution is 2.39. The smallest absolute Gasteiger partial charge is 0.223 e. The number of carbonyl (C=O) groups excluding carboxylic acids is 1. The summed E-state index contributed by atoms with van der Waals surface area (Å²) in [7, 11) is 0. The highest BCUT2D eigenvalue weighted by Gasteiger charge is 2.32. The Labute approximate surface area is 111 Å². The molecule has 0 radical (unpaired) electrons. The Balaban J connectivity index is 1.77. The summed E-state index contributed by atoms with van der Waals surface area (Å²) in [6, 6.07) is 0. The van der Waals surface area contributed by atoms with Gasteiger partial charge in [0.05, 0.1) is 0 Å². The van der Waals surface area contributed by atoms with Crippen LogP contribution in [0.15, 0.2) is 0 Å². The van der Waals surface area contributed by atoms with Gasteiger partial charge in [-0.1, -0.05) is 26.7 Å². The van der Waals surface area contributed by atoms with E-state index >= 15 is 0 Å². The van der Waals surface area contributed by atoms with Crippen molar-refractivity contribution in [2.24, 2.45) is 17.3 Å². The minimum atomic E-state index is 0.241. The molecule has 1 aliphatic carbocycles. The van der Waals surface area contributed by atoms with Gasteiger partial charge in [0.1, 0.15) is 0 Å². The molecular formula is C15H28N2O. The largest absolute Gasteiger partial charge is 0.355 e. The molecule has 1 heterocycles. The quantitative estimate of drug-likeness (QED) is 0.806. The standard InChI is InChI=1S/C15H28N2O/c1-15(2,13-5-3-4-6-13)11-17-14(18)12-7-9-16-10-8-12/h12-13,16H,3-11H2,1-2H3,(H,17,18). The zero-order chi connectivity index (χ0) is 13.0. The van der Waals surface area contributed by atoms with Crippen molar-refractivity contribution < 1.29 is 4.79 Å². The van der Waals surface area contributed by atoms with Crippen molar-refractivity contribution in [1.82, 2.24) is 10.6 Å². The highest BCUT2D eigenvalue weighted by molar-refractivity contribution is 5.78. The molecule has 1 saturated heterocycles. The molecule has 0 aromatic rings. The van der Waals surface area contributed by atoms with Gasteiger partial charge in [-0.15, -0.1) is 0 Å². The topological polar surface area (TPSA) is 41.1 Å². The molecule has 3 nitrogen and oxygen atoms in total. The lowest BCUT2D eigenvalue weighted by molar-refractivity contribution is -0.126. The van der Waals surface area contributed by atoms with E-state index in [1.807, 2.05) is 0 Å². The fourth-order valence-corrected chi connectivity index (χ4v) is 3.39. The number of rotatable bonds is 4. The molecule has 18 heavy (non-hydrogen) atoms. The molecule has 2 aliphatic rings. The summed E-state index contributed by atoms with van der Waals surface area (Å²) in [5, 5.41) is 6.51. The normalized spacial score (nSPS) is 23.2. The third kappa shape index (κ3) is 3.47. The second-order valence-electron chi connectivity index (χ2n) is 6.71. The van der Waals surface area contributed by atoms with E-state index in [0.717, 1.165) is 38.4 Å². The molecule has 2 fully saturated rings. The molecule has 0 aromatic carbocycles. The molecule has 1 aliphatic heterocycles. The summed E-state index contributed by atoms with van der Waals surface area (Å²) in [5.41, 5.74) is 0.263. The lowest BCUT2D eigenvalue weighted by Crippen LogP contribution is -2.43. The van der Waals surface area contributed by atoms with Crippen LogP contribution in [0.1, 0.15) is 52.4 Å². The van der Waals surface area contributed by atoms with Gasteiger partial charge in [0.2, 0.25) is 5.91 Å². The second-order valence-corrected chi connectivity index (χ2v) is 6.71. The van der Waals surface area contributed by atoms with Crippen molar-refractivity contribution in [3.8, 4) is 0 Å². The maximum atomic E-state index is 12.1. The molecule has 0 aromatic heterocycles. The molecule has 0 unspecified atom stereocenters. The van der Waals surface area contributed by atoms with Crippen LogP contribution in [0, 0.1) is 17.3 Å². The minimum Gasteiger partial charge on any atom is -0.355 e. The summed E-state index contributed by atoms with van der Waals surface area (Å²) in [5.74, 6) is 1.32. The van der Waals surface area contributed by atoms with Crippen LogP contribution in [-0.4, -0.2) is 25.5 Å². The Morgan fingerprint density at radius 3 is 2.39 bits per heavy atom. The molecule has 104 valence electrons. The predicted molar refractivity (Wildman–Crippen MR) is 74.3 cm³/mol. The summed E-state index contributed by atoms with van der Waals surface area (Å²) in [4.78, 5) is 12.1. The highest BCUT2D eigenvalue weighted by atomic mass is 16.1. The first kappa shape index (κ1) is 13.9. The van der Waals surface area contributed by atoms with Gasteiger partial charge in [0.15, 0.2) is 0 Å². The maximum Gasteiger partial charge on any atom is 0.223 e. The molecule has 1 saturated carbocycles. The lowest BCUT2D eigenvalue weighted by atomic mass is 9.77. The Hall–Kier alpha value is -0.570. The van der Waals surface area contributed by atoms with E-state index in [1.165, 1.54) is 25.7 Å². The molecule has 0 spiro atoms. The van der Waals surface area contributed by atoms with E-state index in [4.69, 9.17) is 0 Å². The van der Waals surface area contributed by atoms with Gasteiger partial charge < -0.3 is 10.6 Å². The van der Waals surface area contributed by atoms with E-state index in [0.29, 0.717) is 0 Å². The van der Waals surface area contributed by atoms with Crippen molar-refractivity contribution >= 4 is 5.91 Å². The number of carbonyl (C=O) groups is 1. The van der Waals surface area contributed by atoms with Gasteiger partial charge in [-0.2, -0.15) is 0 Å². The molecule has 2 rings (SSSR count). The monoisotopic (exact) mass is 252 g/mol. The Morgan fingerprint density at radius 1 is 1.17 bits per heavy atom. The number of hydrogen-bond acceptors (Lipinski definition) is 2. The van der Waals surface area contributed by atoms with Crippen LogP contribution < -0.4 is 10.6 Å². The van der Waals surface area contributed by atoms with Crippen LogP contribution in [0.3, 0.4) is 0 Å². The average Bonchev–Trinajstić information content (AvgIpc) is 2.92. The van der Waals surface area contributed by atoms with Gasteiger partial charge in [0, 0.05) is 12.5 Å². The summed E-state index contributed by atoms with van der Waals surface area (Å²) in [6.07, 6.45) is 7.42. The number of nitrogens with one attached hydrogen (secondary N) is 2. The molecule has 0 bridgehead atoms. The van der Waals surface area contributed by atoms with E-state index in [9.17, 15) is 4.79 Å². The Morgan fingerprint density at radius 2 is 1.78 bits per heavy atom. The zero-order valence-corrected chi connectivity index (χ0v) is 11.9. The van der Waals surface area contributed by atoms with Gasteiger partial charge in [-0.3, -0.25) is 4.79 Å². The van der Waals surface area contributed by atoms with Crippen molar-refractivity contribution in [2.75, 3.05) is 19.6 Å². The fraction of sp³-hybridized carbons (Fsp3) is 0.933. The summed E-state index contributed by atoms with van der Waals surface area (Å²) in [6.45, 7) is 7.45. The number of amides is 1. The zero-order valence-electron chi connectivity index (χ0n) is 11.9. The van der Waals surface area contributed by atoms with E-state index < -0.39 is 0 Å². The SMILES string of the molecule is CC(C)(CNC(=O)C1CCNCC1)C1CCCC1. The van der Waals surface area contributed by atoms with Crippen molar-refractivity contribution in [2.45, 2.75) is 52.4 Å². The average molecular weight is 252 g/mol. The first-order chi connectivity index (χ1) is 8.59. The second kappa shape index (κ2) is 6.05. The van der Waals surface area contributed by atoms with Gasteiger partial charge in [-0.25, -0.2) is 0 Å². The third-order valence-corrected chi connectivity index (χ3v) is 4.89. The Kier molecular flexibility index (Phi) is 4.66.